The molecule has 0 bridgehead atoms. The third-order valence-electron chi connectivity index (χ3n) is 3.36. The van der Waals surface area contributed by atoms with Crippen LogP contribution in [0.4, 0.5) is 0 Å². The van der Waals surface area contributed by atoms with E-state index in [2.05, 4.69) is 46.9 Å². The summed E-state index contributed by atoms with van der Waals surface area (Å²) in [6.07, 6.45) is 0. The molecule has 17 heavy (non-hydrogen) atoms. The number of fused-ring (bicyclic) bond motifs is 3. The van der Waals surface area contributed by atoms with Crippen molar-refractivity contribution < 1.29 is 0 Å². The lowest BCUT2D eigenvalue weighted by atomic mass is 10.0. The first-order valence-corrected chi connectivity index (χ1v) is 6.61. The van der Waals surface area contributed by atoms with Crippen LogP contribution in [0.1, 0.15) is 11.1 Å². The molecule has 0 fully saturated rings. The molecule has 86 valence electrons. The number of nitrogens with one attached hydrogen (secondary N) is 1. The van der Waals surface area contributed by atoms with Gasteiger partial charge in [0.25, 0.3) is 0 Å². The number of rotatable bonds is 0. The number of hydrogen-bond donors (Lipinski definition) is 1. The van der Waals surface area contributed by atoms with E-state index >= 15 is 0 Å². The fraction of sp³-hybridized carbons (Fsp3) is 0.143. The van der Waals surface area contributed by atoms with Gasteiger partial charge in [0, 0.05) is 31.3 Å². The van der Waals surface area contributed by atoms with Crippen LogP contribution in [0.15, 0.2) is 28.7 Å². The van der Waals surface area contributed by atoms with Gasteiger partial charge in [0.05, 0.1) is 0 Å². The van der Waals surface area contributed by atoms with Crippen LogP contribution in [0.2, 0.25) is 5.02 Å². The molecule has 0 saturated carbocycles. The zero-order chi connectivity index (χ0) is 12.2. The molecule has 0 atom stereocenters. The maximum Gasteiger partial charge on any atom is 0.0482 e. The average Bonchev–Trinajstić information content (AvgIpc) is 2.63. The second-order valence-corrected chi connectivity index (χ2v) is 5.67. The quantitative estimate of drug-likeness (QED) is 0.576. The van der Waals surface area contributed by atoms with Crippen LogP contribution < -0.4 is 0 Å². The van der Waals surface area contributed by atoms with E-state index < -0.39 is 0 Å². The lowest BCUT2D eigenvalue weighted by Gasteiger charge is -2.04. The maximum atomic E-state index is 6.22. The molecule has 0 spiro atoms. The fourth-order valence-electron chi connectivity index (χ4n) is 2.30. The summed E-state index contributed by atoms with van der Waals surface area (Å²) >= 11 is 9.74. The van der Waals surface area contributed by atoms with Crippen molar-refractivity contribution in [3.8, 4) is 0 Å². The number of aromatic amines is 1. The molecular weight excluding hydrogens is 298 g/mol. The van der Waals surface area contributed by atoms with E-state index in [-0.39, 0.29) is 0 Å². The molecule has 1 aromatic heterocycles. The van der Waals surface area contributed by atoms with Crippen molar-refractivity contribution >= 4 is 49.3 Å². The van der Waals surface area contributed by atoms with Gasteiger partial charge < -0.3 is 4.98 Å². The van der Waals surface area contributed by atoms with Gasteiger partial charge >= 0.3 is 0 Å². The molecule has 0 aliphatic carbocycles. The van der Waals surface area contributed by atoms with Crippen LogP contribution in [0.25, 0.3) is 21.8 Å². The number of benzene rings is 2. The van der Waals surface area contributed by atoms with Crippen molar-refractivity contribution in [2.75, 3.05) is 0 Å². The predicted molar refractivity (Wildman–Crippen MR) is 78.0 cm³/mol. The molecular formula is C14H11BrClN. The van der Waals surface area contributed by atoms with Crippen LogP contribution in [0, 0.1) is 13.8 Å². The van der Waals surface area contributed by atoms with E-state index in [1.807, 2.05) is 12.1 Å². The normalized spacial score (nSPS) is 11.5. The van der Waals surface area contributed by atoms with Gasteiger partial charge in [-0.2, -0.15) is 0 Å². The summed E-state index contributed by atoms with van der Waals surface area (Å²) < 4.78 is 1.10. The Morgan fingerprint density at radius 1 is 1.06 bits per heavy atom. The number of halogens is 2. The summed E-state index contributed by atoms with van der Waals surface area (Å²) in [5.74, 6) is 0. The molecule has 3 heteroatoms. The second kappa shape index (κ2) is 3.76. The van der Waals surface area contributed by atoms with E-state index in [4.69, 9.17) is 11.6 Å². The molecule has 0 aliphatic rings. The van der Waals surface area contributed by atoms with Crippen LogP contribution >= 0.6 is 27.5 Å². The molecule has 1 heterocycles. The first kappa shape index (κ1) is 11.1. The number of H-pyrrole nitrogens is 1. The number of aromatic nitrogens is 1. The summed E-state index contributed by atoms with van der Waals surface area (Å²) in [6, 6.07) is 8.28. The minimum Gasteiger partial charge on any atom is -0.354 e. The van der Waals surface area contributed by atoms with Crippen molar-refractivity contribution in [1.29, 1.82) is 0 Å². The maximum absolute atomic E-state index is 6.22. The molecule has 3 aromatic rings. The second-order valence-electron chi connectivity index (χ2n) is 4.35. The molecule has 2 aromatic carbocycles. The van der Waals surface area contributed by atoms with Crippen molar-refractivity contribution in [2.45, 2.75) is 13.8 Å². The topological polar surface area (TPSA) is 15.8 Å². The van der Waals surface area contributed by atoms with E-state index in [1.54, 1.807) is 0 Å². The van der Waals surface area contributed by atoms with Crippen LogP contribution in [0.5, 0.6) is 0 Å². The van der Waals surface area contributed by atoms with Crippen LogP contribution in [0.3, 0.4) is 0 Å². The molecule has 0 unspecified atom stereocenters. The van der Waals surface area contributed by atoms with Gasteiger partial charge in [0.15, 0.2) is 0 Å². The van der Waals surface area contributed by atoms with E-state index in [0.29, 0.717) is 0 Å². The largest absolute Gasteiger partial charge is 0.354 e. The van der Waals surface area contributed by atoms with Gasteiger partial charge in [0.2, 0.25) is 0 Å². The Hall–Kier alpha value is -0.990. The fourth-order valence-corrected chi connectivity index (χ4v) is 2.91. The van der Waals surface area contributed by atoms with Crippen LogP contribution in [-0.2, 0) is 0 Å². The minimum absolute atomic E-state index is 0.820. The monoisotopic (exact) mass is 307 g/mol. The SMILES string of the molecule is Cc1c(Cl)cc2[nH]c3ccc(Br)cc3c2c1C. The Kier molecular flexibility index (Phi) is 2.46. The van der Waals surface area contributed by atoms with Crippen LogP contribution in [-0.4, -0.2) is 4.98 Å². The molecule has 3 rings (SSSR count). The highest BCUT2D eigenvalue weighted by Crippen LogP contribution is 2.34. The first-order valence-electron chi connectivity index (χ1n) is 5.44. The lowest BCUT2D eigenvalue weighted by Crippen LogP contribution is -1.83. The number of aryl methyl sites for hydroxylation is 1. The third-order valence-corrected chi connectivity index (χ3v) is 4.24. The van der Waals surface area contributed by atoms with Crippen molar-refractivity contribution in [1.82, 2.24) is 4.98 Å². The standard InChI is InChI=1S/C14H11BrClN/c1-7-8(2)14-10-5-9(15)3-4-12(10)17-13(14)6-11(7)16/h3-6,17H,1-2H3. The summed E-state index contributed by atoms with van der Waals surface area (Å²) in [5.41, 5.74) is 4.65. The Bertz CT molecular complexity index is 743. The zero-order valence-electron chi connectivity index (χ0n) is 9.57. The van der Waals surface area contributed by atoms with Gasteiger partial charge in [-0.3, -0.25) is 0 Å². The van der Waals surface area contributed by atoms with Crippen molar-refractivity contribution in [2.24, 2.45) is 0 Å². The Morgan fingerprint density at radius 2 is 1.82 bits per heavy atom. The molecule has 0 amide bonds. The third kappa shape index (κ3) is 1.59. The summed E-state index contributed by atoms with van der Waals surface area (Å²) in [5, 5.41) is 3.33. The Labute approximate surface area is 113 Å². The minimum atomic E-state index is 0.820. The summed E-state index contributed by atoms with van der Waals surface area (Å²) in [4.78, 5) is 3.41. The van der Waals surface area contributed by atoms with Crippen molar-refractivity contribution in [3.05, 3.63) is 44.9 Å². The zero-order valence-corrected chi connectivity index (χ0v) is 11.9. The van der Waals surface area contributed by atoms with Crippen molar-refractivity contribution in [3.63, 3.8) is 0 Å². The van der Waals surface area contributed by atoms with Gasteiger partial charge in [0.1, 0.15) is 0 Å². The van der Waals surface area contributed by atoms with Gasteiger partial charge in [-0.25, -0.2) is 0 Å². The first-order chi connectivity index (χ1) is 8.08. The Morgan fingerprint density at radius 3 is 2.59 bits per heavy atom. The van der Waals surface area contributed by atoms with E-state index in [1.165, 1.54) is 16.3 Å². The van der Waals surface area contributed by atoms with E-state index in [0.717, 1.165) is 26.1 Å². The molecule has 0 radical (unpaired) electrons. The highest BCUT2D eigenvalue weighted by molar-refractivity contribution is 9.10. The highest BCUT2D eigenvalue weighted by Gasteiger charge is 2.11. The lowest BCUT2D eigenvalue weighted by molar-refractivity contribution is 1.38. The van der Waals surface area contributed by atoms with Gasteiger partial charge in [-0.15, -0.1) is 0 Å². The smallest absolute Gasteiger partial charge is 0.0482 e. The van der Waals surface area contributed by atoms with E-state index in [9.17, 15) is 0 Å². The number of hydrogen-bond acceptors (Lipinski definition) is 0. The predicted octanol–water partition coefficient (Wildman–Crippen LogP) is 5.35. The molecule has 1 N–H and O–H groups in total. The van der Waals surface area contributed by atoms with Gasteiger partial charge in [-0.05, 0) is 49.2 Å². The highest BCUT2D eigenvalue weighted by atomic mass is 79.9. The van der Waals surface area contributed by atoms with Gasteiger partial charge in [-0.1, -0.05) is 27.5 Å². The molecule has 1 nitrogen and oxygen atoms in total. The summed E-state index contributed by atoms with van der Waals surface area (Å²) in [6.45, 7) is 4.19. The molecule has 0 saturated heterocycles. The molecule has 0 aliphatic heterocycles. The Balaban J connectivity index is 2.59. The summed E-state index contributed by atoms with van der Waals surface area (Å²) in [7, 11) is 0. The average molecular weight is 309 g/mol.